The van der Waals surface area contributed by atoms with Crippen LogP contribution < -0.4 is 0 Å². The number of hydrogen-bond donors (Lipinski definition) is 1. The molecule has 1 saturated heterocycles. The predicted molar refractivity (Wildman–Crippen MR) is 156 cm³/mol. The van der Waals surface area contributed by atoms with E-state index in [-0.39, 0.29) is 12.3 Å². The molecule has 0 aliphatic carbocycles. The van der Waals surface area contributed by atoms with Crippen molar-refractivity contribution in [2.75, 3.05) is 7.05 Å². The summed E-state index contributed by atoms with van der Waals surface area (Å²) in [6.45, 7) is 4.30. The van der Waals surface area contributed by atoms with E-state index in [1.807, 2.05) is 0 Å². The average molecular weight is 501 g/mol. The van der Waals surface area contributed by atoms with E-state index in [1.165, 1.54) is 44.3 Å². The first-order valence-electron chi connectivity index (χ1n) is 13.7. The summed E-state index contributed by atoms with van der Waals surface area (Å²) in [5.41, 5.74) is 8.21. The lowest BCUT2D eigenvalue weighted by Crippen LogP contribution is -2.44. The van der Waals surface area contributed by atoms with Gasteiger partial charge in [-0.3, -0.25) is 4.90 Å². The van der Waals surface area contributed by atoms with E-state index in [4.69, 9.17) is 4.74 Å². The van der Waals surface area contributed by atoms with Crippen LogP contribution in [0.5, 0.6) is 0 Å². The van der Waals surface area contributed by atoms with Gasteiger partial charge in [-0.2, -0.15) is 0 Å². The normalized spacial score (nSPS) is 19.2. The molecule has 0 unspecified atom stereocenters. The van der Waals surface area contributed by atoms with Gasteiger partial charge >= 0.3 is 0 Å². The standard InChI is InChI=1S/C35H36N2O/c1-25-13-18-29(19-14-25)35(30-20-15-26(2)16-21-30)33(23-28-24-36-32-12-8-7-11-31(28)32)37(3)34(38-35)22-17-27-9-5-4-6-10-27/h4-16,18-21,24,33-34,36H,17,22-23H2,1-3H3/t33-,34-/m0/s1. The smallest absolute Gasteiger partial charge is 0.136 e. The van der Waals surface area contributed by atoms with E-state index < -0.39 is 5.60 Å². The highest BCUT2D eigenvalue weighted by Crippen LogP contribution is 2.48. The molecule has 1 aliphatic heterocycles. The van der Waals surface area contributed by atoms with Crippen molar-refractivity contribution in [2.24, 2.45) is 0 Å². The number of hydrogen-bond acceptors (Lipinski definition) is 2. The van der Waals surface area contributed by atoms with Crippen molar-refractivity contribution in [3.05, 3.63) is 143 Å². The van der Waals surface area contributed by atoms with Crippen LogP contribution in [0.1, 0.15) is 39.8 Å². The fourth-order valence-corrected chi connectivity index (χ4v) is 6.15. The molecule has 2 atom stereocenters. The average Bonchev–Trinajstić information content (AvgIpc) is 3.48. The molecule has 0 radical (unpaired) electrons. The zero-order valence-electron chi connectivity index (χ0n) is 22.5. The van der Waals surface area contributed by atoms with Crippen molar-refractivity contribution in [3.8, 4) is 0 Å². The molecule has 3 nitrogen and oxygen atoms in total. The van der Waals surface area contributed by atoms with Crippen LogP contribution in [0.3, 0.4) is 0 Å². The molecule has 5 aromatic rings. The number of nitrogens with zero attached hydrogens (tertiary/aromatic N) is 1. The molecule has 1 N–H and O–H groups in total. The van der Waals surface area contributed by atoms with E-state index in [2.05, 4.69) is 140 Å². The van der Waals surface area contributed by atoms with Gasteiger partial charge in [-0.1, -0.05) is 108 Å². The second-order valence-electron chi connectivity index (χ2n) is 10.8. The van der Waals surface area contributed by atoms with E-state index >= 15 is 0 Å². The van der Waals surface area contributed by atoms with E-state index in [9.17, 15) is 0 Å². The molecule has 0 bridgehead atoms. The van der Waals surface area contributed by atoms with Crippen molar-refractivity contribution in [2.45, 2.75) is 51.0 Å². The number of H-pyrrole nitrogens is 1. The Kier molecular flexibility index (Phi) is 6.65. The molecule has 3 heteroatoms. The van der Waals surface area contributed by atoms with Gasteiger partial charge < -0.3 is 9.72 Å². The molecule has 38 heavy (non-hydrogen) atoms. The first kappa shape index (κ1) is 24.7. The molecule has 1 aliphatic rings. The quantitative estimate of drug-likeness (QED) is 0.250. The van der Waals surface area contributed by atoms with Crippen molar-refractivity contribution in [1.82, 2.24) is 9.88 Å². The summed E-state index contributed by atoms with van der Waals surface area (Å²) in [6, 6.07) is 37.4. The zero-order valence-corrected chi connectivity index (χ0v) is 22.5. The van der Waals surface area contributed by atoms with Crippen LogP contribution in [0.15, 0.2) is 109 Å². The summed E-state index contributed by atoms with van der Waals surface area (Å²) >= 11 is 0. The number of fused-ring (bicyclic) bond motifs is 1. The van der Waals surface area contributed by atoms with Crippen molar-refractivity contribution >= 4 is 10.9 Å². The van der Waals surface area contributed by atoms with E-state index in [0.29, 0.717) is 0 Å². The molecule has 4 aromatic carbocycles. The Morgan fingerprint density at radius 2 is 1.37 bits per heavy atom. The molecule has 1 aromatic heterocycles. The minimum absolute atomic E-state index is 0.00646. The first-order chi connectivity index (χ1) is 18.5. The Hall–Kier alpha value is -3.66. The number of benzene rings is 4. The van der Waals surface area contributed by atoms with Crippen molar-refractivity contribution < 1.29 is 4.74 Å². The lowest BCUT2D eigenvalue weighted by atomic mass is 9.77. The number of aromatic nitrogens is 1. The Balaban J connectivity index is 1.47. The minimum Gasteiger partial charge on any atom is -0.361 e. The number of rotatable bonds is 7. The van der Waals surface area contributed by atoms with Crippen LogP contribution in [-0.2, 0) is 23.2 Å². The van der Waals surface area contributed by atoms with Crippen LogP contribution in [0, 0.1) is 13.8 Å². The summed E-state index contributed by atoms with van der Waals surface area (Å²) < 4.78 is 7.32. The maximum atomic E-state index is 7.32. The number of aromatic amines is 1. The highest BCUT2D eigenvalue weighted by molar-refractivity contribution is 5.83. The maximum absolute atomic E-state index is 7.32. The summed E-state index contributed by atoms with van der Waals surface area (Å²) in [4.78, 5) is 5.99. The maximum Gasteiger partial charge on any atom is 0.136 e. The Morgan fingerprint density at radius 3 is 2.03 bits per heavy atom. The lowest BCUT2D eigenvalue weighted by Gasteiger charge is -2.37. The van der Waals surface area contributed by atoms with Crippen molar-refractivity contribution in [3.63, 3.8) is 0 Å². The van der Waals surface area contributed by atoms with Gasteiger partial charge in [-0.25, -0.2) is 0 Å². The van der Waals surface area contributed by atoms with Gasteiger partial charge in [0.15, 0.2) is 0 Å². The highest BCUT2D eigenvalue weighted by Gasteiger charge is 2.54. The second-order valence-corrected chi connectivity index (χ2v) is 10.8. The number of para-hydroxylation sites is 1. The fourth-order valence-electron chi connectivity index (χ4n) is 6.15. The predicted octanol–water partition coefficient (Wildman–Crippen LogP) is 7.56. The van der Waals surface area contributed by atoms with Crippen molar-refractivity contribution in [1.29, 1.82) is 0 Å². The van der Waals surface area contributed by atoms with Gasteiger partial charge in [-0.05, 0) is 68.5 Å². The van der Waals surface area contributed by atoms with E-state index in [0.717, 1.165) is 19.3 Å². The van der Waals surface area contributed by atoms with Crippen LogP contribution in [0.2, 0.25) is 0 Å². The third-order valence-electron chi connectivity index (χ3n) is 8.31. The topological polar surface area (TPSA) is 28.3 Å². The summed E-state index contributed by atoms with van der Waals surface area (Å²) in [5.74, 6) is 0. The summed E-state index contributed by atoms with van der Waals surface area (Å²) in [5, 5.41) is 1.29. The second kappa shape index (κ2) is 10.2. The number of nitrogens with one attached hydrogen (secondary N) is 1. The molecular weight excluding hydrogens is 464 g/mol. The highest BCUT2D eigenvalue weighted by atomic mass is 16.5. The van der Waals surface area contributed by atoms with Crippen LogP contribution >= 0.6 is 0 Å². The van der Waals surface area contributed by atoms with Crippen LogP contribution in [-0.4, -0.2) is 29.2 Å². The number of ether oxygens (including phenoxy) is 1. The molecule has 0 spiro atoms. The number of aryl methyl sites for hydroxylation is 3. The zero-order chi connectivity index (χ0) is 26.1. The third-order valence-corrected chi connectivity index (χ3v) is 8.31. The van der Waals surface area contributed by atoms with Gasteiger partial charge in [-0.15, -0.1) is 0 Å². The number of likely N-dealkylation sites (N-methyl/N-ethyl adjacent to an activating group) is 1. The lowest BCUT2D eigenvalue weighted by molar-refractivity contribution is -0.0414. The molecule has 6 rings (SSSR count). The van der Waals surface area contributed by atoms with Gasteiger partial charge in [0.2, 0.25) is 0 Å². The Morgan fingerprint density at radius 1 is 0.763 bits per heavy atom. The fraction of sp³-hybridized carbons (Fsp3) is 0.257. The van der Waals surface area contributed by atoms with Crippen LogP contribution in [0.25, 0.3) is 10.9 Å². The summed E-state index contributed by atoms with van der Waals surface area (Å²) in [7, 11) is 2.25. The molecule has 192 valence electrons. The minimum atomic E-state index is -0.587. The Labute approximate surface area is 226 Å². The summed E-state index contributed by atoms with van der Waals surface area (Å²) in [6.07, 6.45) is 4.97. The molecule has 0 amide bonds. The monoisotopic (exact) mass is 500 g/mol. The molecule has 1 fully saturated rings. The molecular formula is C35H36N2O. The molecule has 2 heterocycles. The largest absolute Gasteiger partial charge is 0.361 e. The Bertz CT molecular complexity index is 1460. The van der Waals surface area contributed by atoms with Gasteiger partial charge in [0.1, 0.15) is 11.8 Å². The van der Waals surface area contributed by atoms with Gasteiger partial charge in [0, 0.05) is 17.1 Å². The van der Waals surface area contributed by atoms with Gasteiger partial charge in [0.05, 0.1) is 6.04 Å². The van der Waals surface area contributed by atoms with Crippen LogP contribution in [0.4, 0.5) is 0 Å². The third kappa shape index (κ3) is 4.47. The molecule has 0 saturated carbocycles. The van der Waals surface area contributed by atoms with E-state index in [1.54, 1.807) is 0 Å². The van der Waals surface area contributed by atoms with Gasteiger partial charge in [0.25, 0.3) is 0 Å². The SMILES string of the molecule is Cc1ccc(C2(c3ccc(C)cc3)O[C@@H](CCc3ccccc3)N(C)[C@H]2Cc2c[nH]c3ccccc23)cc1. The first-order valence-corrected chi connectivity index (χ1v) is 13.7.